The van der Waals surface area contributed by atoms with Crippen molar-refractivity contribution in [2.45, 2.75) is 12.7 Å². The minimum absolute atomic E-state index is 0.0597. The van der Waals surface area contributed by atoms with E-state index in [2.05, 4.69) is 20.3 Å². The number of amides is 1. The Hall–Kier alpha value is -3.03. The van der Waals surface area contributed by atoms with Crippen LogP contribution in [0.3, 0.4) is 0 Å². The lowest BCUT2D eigenvalue weighted by Crippen LogP contribution is -2.26. The average molecular weight is 332 g/mol. The molecule has 3 aromatic heterocycles. The van der Waals surface area contributed by atoms with Crippen molar-refractivity contribution in [3.05, 3.63) is 65.7 Å². The molecule has 3 aromatic rings. The zero-order valence-corrected chi connectivity index (χ0v) is 12.2. The molecule has 1 amide bonds. The van der Waals surface area contributed by atoms with Gasteiger partial charge in [-0.15, -0.1) is 0 Å². The molecule has 0 atom stereocenters. The highest BCUT2D eigenvalue weighted by molar-refractivity contribution is 5.98. The Bertz CT molecular complexity index is 881. The summed E-state index contributed by atoms with van der Waals surface area (Å²) in [6.07, 6.45) is -0.342. The summed E-state index contributed by atoms with van der Waals surface area (Å²) in [6, 6.07) is 7.59. The van der Waals surface area contributed by atoms with E-state index in [1.165, 1.54) is 18.6 Å². The number of fused-ring (bicyclic) bond motifs is 1. The lowest BCUT2D eigenvalue weighted by atomic mass is 10.1. The fourth-order valence-corrected chi connectivity index (χ4v) is 2.17. The molecular formula is C16H11F3N4O. The predicted octanol–water partition coefficient (Wildman–Crippen LogP) is 2.97. The van der Waals surface area contributed by atoms with Crippen molar-refractivity contribution in [2.24, 2.45) is 0 Å². The maximum absolute atomic E-state index is 13.2. The highest BCUT2D eigenvalue weighted by atomic mass is 19.4. The SMILES string of the molecule is O=C(NCc1ccncc1)c1cc2cccnc2nc1C(F)(F)F. The van der Waals surface area contributed by atoms with E-state index in [4.69, 9.17) is 0 Å². The molecule has 0 unspecified atom stereocenters. The zero-order chi connectivity index (χ0) is 17.2. The molecule has 8 heteroatoms. The molecule has 3 heterocycles. The number of pyridine rings is 3. The molecule has 122 valence electrons. The fourth-order valence-electron chi connectivity index (χ4n) is 2.17. The molecule has 0 saturated heterocycles. The van der Waals surface area contributed by atoms with Gasteiger partial charge in [-0.3, -0.25) is 9.78 Å². The van der Waals surface area contributed by atoms with Crippen LogP contribution in [0.4, 0.5) is 13.2 Å². The zero-order valence-electron chi connectivity index (χ0n) is 12.2. The molecule has 0 fully saturated rings. The van der Waals surface area contributed by atoms with Crippen LogP contribution in [0.1, 0.15) is 21.6 Å². The van der Waals surface area contributed by atoms with E-state index in [1.54, 1.807) is 24.3 Å². The van der Waals surface area contributed by atoms with E-state index in [-0.39, 0.29) is 12.2 Å². The molecule has 5 nitrogen and oxygen atoms in total. The Morgan fingerprint density at radius 1 is 1.12 bits per heavy atom. The van der Waals surface area contributed by atoms with Crippen LogP contribution in [0.25, 0.3) is 11.0 Å². The molecule has 3 rings (SSSR count). The van der Waals surface area contributed by atoms with Crippen molar-refractivity contribution >= 4 is 16.9 Å². The average Bonchev–Trinajstić information content (AvgIpc) is 2.58. The Kier molecular flexibility index (Phi) is 4.11. The number of nitrogens with one attached hydrogen (secondary N) is 1. The number of carbonyl (C=O) groups is 1. The van der Waals surface area contributed by atoms with Crippen LogP contribution in [0, 0.1) is 0 Å². The smallest absolute Gasteiger partial charge is 0.348 e. The first kappa shape index (κ1) is 15.9. The Morgan fingerprint density at radius 3 is 2.58 bits per heavy atom. The summed E-state index contributed by atoms with van der Waals surface area (Å²) in [5.74, 6) is -0.850. The van der Waals surface area contributed by atoms with E-state index >= 15 is 0 Å². The van der Waals surface area contributed by atoms with Crippen LogP contribution >= 0.6 is 0 Å². The van der Waals surface area contributed by atoms with E-state index < -0.39 is 23.3 Å². The van der Waals surface area contributed by atoms with E-state index in [0.717, 1.165) is 11.6 Å². The number of rotatable bonds is 3. The number of hydrogen-bond acceptors (Lipinski definition) is 4. The van der Waals surface area contributed by atoms with Crippen LogP contribution in [-0.2, 0) is 12.7 Å². The molecule has 0 bridgehead atoms. The highest BCUT2D eigenvalue weighted by Crippen LogP contribution is 2.32. The summed E-state index contributed by atoms with van der Waals surface area (Å²) in [6.45, 7) is 0.0870. The van der Waals surface area contributed by atoms with E-state index in [0.29, 0.717) is 5.39 Å². The lowest BCUT2D eigenvalue weighted by molar-refractivity contribution is -0.141. The minimum Gasteiger partial charge on any atom is -0.348 e. The highest BCUT2D eigenvalue weighted by Gasteiger charge is 2.37. The topological polar surface area (TPSA) is 67.8 Å². The minimum atomic E-state index is -4.75. The van der Waals surface area contributed by atoms with Crippen molar-refractivity contribution in [1.29, 1.82) is 0 Å². The van der Waals surface area contributed by atoms with Crippen LogP contribution in [-0.4, -0.2) is 20.9 Å². The summed E-state index contributed by atoms with van der Waals surface area (Å²) in [7, 11) is 0. The molecular weight excluding hydrogens is 321 g/mol. The number of hydrogen-bond donors (Lipinski definition) is 1. The fraction of sp³-hybridized carbons (Fsp3) is 0.125. The van der Waals surface area contributed by atoms with Crippen molar-refractivity contribution in [2.75, 3.05) is 0 Å². The van der Waals surface area contributed by atoms with Crippen molar-refractivity contribution in [3.63, 3.8) is 0 Å². The number of alkyl halides is 3. The van der Waals surface area contributed by atoms with Gasteiger partial charge in [-0.25, -0.2) is 9.97 Å². The Labute approximate surface area is 134 Å². The molecule has 0 aliphatic carbocycles. The molecule has 1 N–H and O–H groups in total. The molecule has 0 aliphatic heterocycles. The van der Waals surface area contributed by atoms with Gasteiger partial charge in [0, 0.05) is 30.5 Å². The van der Waals surface area contributed by atoms with Gasteiger partial charge < -0.3 is 5.32 Å². The molecule has 0 spiro atoms. The van der Waals surface area contributed by atoms with Gasteiger partial charge >= 0.3 is 6.18 Å². The largest absolute Gasteiger partial charge is 0.434 e. The van der Waals surface area contributed by atoms with Gasteiger partial charge in [0.15, 0.2) is 11.3 Å². The molecule has 0 aliphatic rings. The van der Waals surface area contributed by atoms with Gasteiger partial charge in [0.05, 0.1) is 5.56 Å². The second-order valence-corrected chi connectivity index (χ2v) is 4.97. The van der Waals surface area contributed by atoms with Crippen LogP contribution < -0.4 is 5.32 Å². The Balaban J connectivity index is 1.95. The van der Waals surface area contributed by atoms with Gasteiger partial charge in [-0.1, -0.05) is 0 Å². The molecule has 0 saturated carbocycles. The Morgan fingerprint density at radius 2 is 1.88 bits per heavy atom. The second-order valence-electron chi connectivity index (χ2n) is 4.97. The molecule has 24 heavy (non-hydrogen) atoms. The summed E-state index contributed by atoms with van der Waals surface area (Å²) in [4.78, 5) is 23.4. The first-order valence-corrected chi connectivity index (χ1v) is 6.95. The summed E-state index contributed by atoms with van der Waals surface area (Å²) in [5.41, 5.74) is -1.11. The third-order valence-electron chi connectivity index (χ3n) is 3.31. The number of nitrogens with zero attached hydrogens (tertiary/aromatic N) is 3. The maximum atomic E-state index is 13.2. The standard InChI is InChI=1S/C16H11F3N4O/c17-16(18,19)13-12(8-11-2-1-5-21-14(11)23-13)15(24)22-9-10-3-6-20-7-4-10/h1-8H,9H2,(H,22,24). The van der Waals surface area contributed by atoms with Crippen LogP contribution in [0.15, 0.2) is 48.9 Å². The van der Waals surface area contributed by atoms with Crippen molar-refractivity contribution in [1.82, 2.24) is 20.3 Å². The van der Waals surface area contributed by atoms with E-state index in [9.17, 15) is 18.0 Å². The quantitative estimate of drug-likeness (QED) is 0.801. The second kappa shape index (κ2) is 6.23. The monoisotopic (exact) mass is 332 g/mol. The maximum Gasteiger partial charge on any atom is 0.434 e. The van der Waals surface area contributed by atoms with E-state index in [1.807, 2.05) is 0 Å². The number of carbonyl (C=O) groups excluding carboxylic acids is 1. The van der Waals surface area contributed by atoms with Gasteiger partial charge in [-0.05, 0) is 35.9 Å². The lowest BCUT2D eigenvalue weighted by Gasteiger charge is -2.13. The van der Waals surface area contributed by atoms with Crippen LogP contribution in [0.5, 0.6) is 0 Å². The first-order valence-electron chi connectivity index (χ1n) is 6.95. The third-order valence-corrected chi connectivity index (χ3v) is 3.31. The van der Waals surface area contributed by atoms with Gasteiger partial charge in [-0.2, -0.15) is 13.2 Å². The van der Waals surface area contributed by atoms with Crippen molar-refractivity contribution in [3.8, 4) is 0 Å². The van der Waals surface area contributed by atoms with Crippen molar-refractivity contribution < 1.29 is 18.0 Å². The number of halogens is 3. The molecule has 0 aromatic carbocycles. The summed E-state index contributed by atoms with van der Waals surface area (Å²) >= 11 is 0. The molecule has 0 radical (unpaired) electrons. The van der Waals surface area contributed by atoms with Gasteiger partial charge in [0.1, 0.15) is 0 Å². The summed E-state index contributed by atoms with van der Waals surface area (Å²) in [5, 5.41) is 2.83. The van der Waals surface area contributed by atoms with Gasteiger partial charge in [0.2, 0.25) is 0 Å². The predicted molar refractivity (Wildman–Crippen MR) is 79.9 cm³/mol. The normalized spacial score (nSPS) is 11.5. The third kappa shape index (κ3) is 3.32. The number of aromatic nitrogens is 3. The summed E-state index contributed by atoms with van der Waals surface area (Å²) < 4.78 is 39.7. The van der Waals surface area contributed by atoms with Gasteiger partial charge in [0.25, 0.3) is 5.91 Å². The first-order chi connectivity index (χ1) is 11.4. The van der Waals surface area contributed by atoms with Crippen LogP contribution in [0.2, 0.25) is 0 Å².